The first kappa shape index (κ1) is 19.1. The highest BCUT2D eigenvalue weighted by Gasteiger charge is 2.14. The lowest BCUT2D eigenvalue weighted by Gasteiger charge is -2.18. The number of halogens is 2. The number of rotatable bonds is 8. The van der Waals surface area contributed by atoms with Crippen molar-refractivity contribution in [2.45, 2.75) is 31.6 Å². The Morgan fingerprint density at radius 3 is 1.78 bits per heavy atom. The Morgan fingerprint density at radius 1 is 0.704 bits per heavy atom. The minimum atomic E-state index is -0.219. The third kappa shape index (κ3) is 5.40. The molecule has 0 fully saturated rings. The number of ether oxygens (including phenoxy) is 1. The van der Waals surface area contributed by atoms with Gasteiger partial charge in [-0.15, -0.1) is 0 Å². The minimum Gasteiger partial charge on any atom is -0.497 e. The van der Waals surface area contributed by atoms with Gasteiger partial charge in [0, 0.05) is 5.92 Å². The fourth-order valence-electron chi connectivity index (χ4n) is 3.39. The first-order chi connectivity index (χ1) is 13.2. The predicted octanol–water partition coefficient (Wildman–Crippen LogP) is 6.52. The highest BCUT2D eigenvalue weighted by molar-refractivity contribution is 5.36. The van der Waals surface area contributed by atoms with Crippen LogP contribution in [0.4, 0.5) is 8.78 Å². The molecule has 3 heteroatoms. The van der Waals surface area contributed by atoms with Crippen LogP contribution < -0.4 is 4.74 Å². The zero-order valence-electron chi connectivity index (χ0n) is 15.5. The summed E-state index contributed by atoms with van der Waals surface area (Å²) in [4.78, 5) is 0. The van der Waals surface area contributed by atoms with E-state index in [1.165, 1.54) is 29.8 Å². The van der Waals surface area contributed by atoms with E-state index in [0.717, 1.165) is 42.6 Å². The average molecular weight is 366 g/mol. The van der Waals surface area contributed by atoms with Crippen LogP contribution in [-0.2, 0) is 6.42 Å². The summed E-state index contributed by atoms with van der Waals surface area (Å²) in [5.41, 5.74) is 3.46. The van der Waals surface area contributed by atoms with Crippen LogP contribution in [0.3, 0.4) is 0 Å². The molecule has 0 saturated carbocycles. The monoisotopic (exact) mass is 366 g/mol. The number of unbranched alkanes of at least 4 members (excludes halogenated alkanes) is 1. The lowest BCUT2D eigenvalue weighted by molar-refractivity contribution is 0.414. The number of hydrogen-bond acceptors (Lipinski definition) is 1. The number of benzene rings is 3. The van der Waals surface area contributed by atoms with E-state index in [1.807, 2.05) is 36.4 Å². The number of hydrogen-bond donors (Lipinski definition) is 0. The maximum absolute atomic E-state index is 13.3. The van der Waals surface area contributed by atoms with E-state index in [9.17, 15) is 8.78 Å². The molecule has 0 spiro atoms. The Balaban J connectivity index is 1.67. The van der Waals surface area contributed by atoms with E-state index in [0.29, 0.717) is 0 Å². The van der Waals surface area contributed by atoms with E-state index in [4.69, 9.17) is 4.74 Å². The third-order valence-electron chi connectivity index (χ3n) is 4.91. The molecule has 0 bridgehead atoms. The van der Waals surface area contributed by atoms with Gasteiger partial charge in [-0.3, -0.25) is 0 Å². The van der Waals surface area contributed by atoms with Crippen LogP contribution in [0, 0.1) is 11.6 Å². The molecule has 0 aromatic heterocycles. The maximum atomic E-state index is 13.3. The van der Waals surface area contributed by atoms with Gasteiger partial charge in [-0.25, -0.2) is 8.78 Å². The van der Waals surface area contributed by atoms with Gasteiger partial charge in [-0.05, 0) is 72.4 Å². The summed E-state index contributed by atoms with van der Waals surface area (Å²) < 4.78 is 31.6. The van der Waals surface area contributed by atoms with Gasteiger partial charge < -0.3 is 4.74 Å². The maximum Gasteiger partial charge on any atom is 0.123 e. The van der Waals surface area contributed by atoms with Gasteiger partial charge in [0.2, 0.25) is 0 Å². The molecule has 3 rings (SSSR count). The molecule has 0 unspecified atom stereocenters. The van der Waals surface area contributed by atoms with Crippen molar-refractivity contribution in [3.8, 4) is 5.75 Å². The molecular formula is C24H24F2O. The largest absolute Gasteiger partial charge is 0.497 e. The normalized spacial score (nSPS) is 12.0. The SMILES string of the molecule is COc1ccc([C@H](CCCCc2ccc(F)cc2)c2ccc(F)cc2)cc1. The highest BCUT2D eigenvalue weighted by Crippen LogP contribution is 2.31. The molecule has 0 aliphatic rings. The van der Waals surface area contributed by atoms with Crippen LogP contribution in [0.2, 0.25) is 0 Å². The topological polar surface area (TPSA) is 9.23 Å². The number of aryl methyl sites for hydroxylation is 1. The summed E-state index contributed by atoms with van der Waals surface area (Å²) in [6, 6.07) is 21.5. The van der Waals surface area contributed by atoms with Crippen LogP contribution in [0.25, 0.3) is 0 Å². The lowest BCUT2D eigenvalue weighted by Crippen LogP contribution is -2.02. The molecular weight excluding hydrogens is 342 g/mol. The van der Waals surface area contributed by atoms with Crippen LogP contribution >= 0.6 is 0 Å². The van der Waals surface area contributed by atoms with E-state index < -0.39 is 0 Å². The molecule has 0 heterocycles. The zero-order valence-corrected chi connectivity index (χ0v) is 15.5. The van der Waals surface area contributed by atoms with Crippen LogP contribution in [0.5, 0.6) is 5.75 Å². The van der Waals surface area contributed by atoms with E-state index in [-0.39, 0.29) is 17.6 Å². The van der Waals surface area contributed by atoms with Gasteiger partial charge in [0.15, 0.2) is 0 Å². The second-order valence-electron chi connectivity index (χ2n) is 6.75. The Hall–Kier alpha value is -2.68. The standard InChI is InChI=1S/C24H24F2O/c1-27-23-16-10-20(11-17-23)24(19-8-14-22(26)15-9-19)5-3-2-4-18-6-12-21(25)13-7-18/h6-17,24H,2-5H2,1H3/t24-/m1/s1. The van der Waals surface area contributed by atoms with Crippen molar-refractivity contribution >= 4 is 0 Å². The molecule has 140 valence electrons. The molecule has 27 heavy (non-hydrogen) atoms. The van der Waals surface area contributed by atoms with Crippen molar-refractivity contribution in [3.05, 3.63) is 101 Å². The predicted molar refractivity (Wildman–Crippen MR) is 105 cm³/mol. The molecule has 0 aliphatic heterocycles. The summed E-state index contributed by atoms with van der Waals surface area (Å²) in [6.07, 6.45) is 3.96. The van der Waals surface area contributed by atoms with Crippen molar-refractivity contribution in [1.29, 1.82) is 0 Å². The van der Waals surface area contributed by atoms with Gasteiger partial charge in [0.05, 0.1) is 7.11 Å². The Labute approximate surface area is 159 Å². The minimum absolute atomic E-state index is 0.199. The molecule has 3 aromatic carbocycles. The van der Waals surface area contributed by atoms with Crippen molar-refractivity contribution in [2.24, 2.45) is 0 Å². The van der Waals surface area contributed by atoms with Gasteiger partial charge in [0.25, 0.3) is 0 Å². The first-order valence-corrected chi connectivity index (χ1v) is 9.29. The Bertz CT molecular complexity index is 824. The zero-order chi connectivity index (χ0) is 19.1. The van der Waals surface area contributed by atoms with E-state index in [1.54, 1.807) is 7.11 Å². The fraction of sp³-hybridized carbons (Fsp3) is 0.250. The molecule has 0 saturated heterocycles. The van der Waals surface area contributed by atoms with Crippen LogP contribution in [-0.4, -0.2) is 7.11 Å². The summed E-state index contributed by atoms with van der Waals surface area (Å²) in [6.45, 7) is 0. The smallest absolute Gasteiger partial charge is 0.123 e. The van der Waals surface area contributed by atoms with E-state index in [2.05, 4.69) is 12.1 Å². The van der Waals surface area contributed by atoms with Gasteiger partial charge in [-0.1, -0.05) is 42.8 Å². The van der Waals surface area contributed by atoms with Crippen molar-refractivity contribution in [1.82, 2.24) is 0 Å². The van der Waals surface area contributed by atoms with Crippen LogP contribution in [0.1, 0.15) is 41.9 Å². The van der Waals surface area contributed by atoms with Crippen molar-refractivity contribution < 1.29 is 13.5 Å². The van der Waals surface area contributed by atoms with Gasteiger partial charge in [-0.2, -0.15) is 0 Å². The Morgan fingerprint density at radius 2 is 1.22 bits per heavy atom. The van der Waals surface area contributed by atoms with Crippen molar-refractivity contribution in [3.63, 3.8) is 0 Å². The fourth-order valence-corrected chi connectivity index (χ4v) is 3.39. The summed E-state index contributed by atoms with van der Waals surface area (Å²) in [5, 5.41) is 0. The molecule has 1 atom stereocenters. The average Bonchev–Trinajstić information content (AvgIpc) is 2.70. The molecule has 0 radical (unpaired) electrons. The van der Waals surface area contributed by atoms with Crippen LogP contribution in [0.15, 0.2) is 72.8 Å². The molecule has 3 aromatic rings. The summed E-state index contributed by atoms with van der Waals surface area (Å²) in [5.74, 6) is 0.621. The first-order valence-electron chi connectivity index (χ1n) is 9.29. The summed E-state index contributed by atoms with van der Waals surface area (Å²) in [7, 11) is 1.65. The second-order valence-corrected chi connectivity index (χ2v) is 6.75. The number of methoxy groups -OCH3 is 1. The van der Waals surface area contributed by atoms with Gasteiger partial charge in [0.1, 0.15) is 17.4 Å². The molecule has 0 aliphatic carbocycles. The Kier molecular flexibility index (Phi) is 6.59. The van der Waals surface area contributed by atoms with E-state index >= 15 is 0 Å². The molecule has 1 nitrogen and oxygen atoms in total. The summed E-state index contributed by atoms with van der Waals surface area (Å²) >= 11 is 0. The third-order valence-corrected chi connectivity index (χ3v) is 4.91. The molecule has 0 N–H and O–H groups in total. The lowest BCUT2D eigenvalue weighted by atomic mass is 9.86. The molecule has 0 amide bonds. The quantitative estimate of drug-likeness (QED) is 0.412. The van der Waals surface area contributed by atoms with Gasteiger partial charge >= 0.3 is 0 Å². The van der Waals surface area contributed by atoms with Crippen molar-refractivity contribution in [2.75, 3.05) is 7.11 Å². The second kappa shape index (κ2) is 9.31. The highest BCUT2D eigenvalue weighted by atomic mass is 19.1.